The van der Waals surface area contributed by atoms with Crippen molar-refractivity contribution in [2.24, 2.45) is 5.73 Å². The molecule has 0 radical (unpaired) electrons. The molecule has 3 N–H and O–H groups in total. The van der Waals surface area contributed by atoms with E-state index in [2.05, 4.69) is 50.2 Å². The second-order valence-corrected chi connectivity index (χ2v) is 6.75. The van der Waals surface area contributed by atoms with Crippen molar-refractivity contribution in [2.45, 2.75) is 36.3 Å². The maximum absolute atomic E-state index is 7.59. The van der Waals surface area contributed by atoms with E-state index in [1.54, 1.807) is 11.8 Å². The average Bonchev–Trinajstić information content (AvgIpc) is 2.47. The molecule has 0 aliphatic heterocycles. The smallest absolute Gasteiger partial charge is 0.0920 e. The van der Waals surface area contributed by atoms with E-state index in [9.17, 15) is 0 Å². The maximum Gasteiger partial charge on any atom is 0.0920 e. The molecule has 2 aromatic carbocycles. The summed E-state index contributed by atoms with van der Waals surface area (Å²) in [6.45, 7) is 4.40. The zero-order valence-electron chi connectivity index (χ0n) is 12.5. The second-order valence-electron chi connectivity index (χ2n) is 5.47. The van der Waals surface area contributed by atoms with Gasteiger partial charge in [-0.2, -0.15) is 0 Å². The van der Waals surface area contributed by atoms with E-state index < -0.39 is 0 Å². The molecule has 0 amide bonds. The van der Waals surface area contributed by atoms with Crippen molar-refractivity contribution in [1.82, 2.24) is 0 Å². The summed E-state index contributed by atoms with van der Waals surface area (Å²) in [5.41, 5.74) is 8.18. The zero-order chi connectivity index (χ0) is 15.2. The molecule has 0 spiro atoms. The highest BCUT2D eigenvalue weighted by Crippen LogP contribution is 2.37. The molecule has 2 nitrogen and oxygen atoms in total. The largest absolute Gasteiger partial charge is 0.388 e. The van der Waals surface area contributed by atoms with Crippen LogP contribution in [0.2, 0.25) is 0 Å². The molecule has 0 aromatic heterocycles. The highest BCUT2D eigenvalue weighted by atomic mass is 32.2. The Balaban J connectivity index is 2.17. The number of benzene rings is 2. The third kappa shape index (κ3) is 4.64. The molecule has 0 saturated carbocycles. The molecule has 0 aliphatic rings. The van der Waals surface area contributed by atoms with Crippen LogP contribution in [0.4, 0.5) is 0 Å². The Hall–Kier alpha value is -1.74. The summed E-state index contributed by atoms with van der Waals surface area (Å²) in [7, 11) is 0. The van der Waals surface area contributed by atoms with Gasteiger partial charge in [-0.05, 0) is 29.2 Å². The van der Waals surface area contributed by atoms with Gasteiger partial charge >= 0.3 is 0 Å². The lowest BCUT2D eigenvalue weighted by Gasteiger charge is -2.17. The molecular weight excluding hydrogens is 276 g/mol. The monoisotopic (exact) mass is 298 g/mol. The molecule has 0 fully saturated rings. The molecule has 2 rings (SSSR count). The normalized spacial score (nSPS) is 12.3. The third-order valence-corrected chi connectivity index (χ3v) is 4.67. The molecular formula is C18H22N2S. The van der Waals surface area contributed by atoms with E-state index in [4.69, 9.17) is 11.1 Å². The lowest BCUT2D eigenvalue weighted by atomic mass is 10.0. The first kappa shape index (κ1) is 15.6. The number of rotatable bonds is 6. The van der Waals surface area contributed by atoms with Crippen LogP contribution in [0.3, 0.4) is 0 Å². The lowest BCUT2D eigenvalue weighted by Crippen LogP contribution is -2.13. The molecule has 0 saturated heterocycles. The van der Waals surface area contributed by atoms with Crippen molar-refractivity contribution in [3.8, 4) is 0 Å². The van der Waals surface area contributed by atoms with E-state index in [1.165, 1.54) is 16.0 Å². The van der Waals surface area contributed by atoms with Crippen molar-refractivity contribution in [3.63, 3.8) is 0 Å². The van der Waals surface area contributed by atoms with Gasteiger partial charge in [0, 0.05) is 16.6 Å². The first-order valence-corrected chi connectivity index (χ1v) is 8.08. The molecule has 1 atom stereocenters. The van der Waals surface area contributed by atoms with Crippen molar-refractivity contribution < 1.29 is 0 Å². The van der Waals surface area contributed by atoms with Crippen LogP contribution >= 0.6 is 11.8 Å². The fourth-order valence-corrected chi connectivity index (χ4v) is 3.37. The lowest BCUT2D eigenvalue weighted by molar-refractivity contribution is 0.864. The van der Waals surface area contributed by atoms with Gasteiger partial charge in [0.15, 0.2) is 0 Å². The second kappa shape index (κ2) is 7.32. The highest BCUT2D eigenvalue weighted by Gasteiger charge is 2.14. The minimum Gasteiger partial charge on any atom is -0.388 e. The molecule has 0 heterocycles. The van der Waals surface area contributed by atoms with Gasteiger partial charge in [0.2, 0.25) is 0 Å². The summed E-state index contributed by atoms with van der Waals surface area (Å²) in [6.07, 6.45) is 0.570. The van der Waals surface area contributed by atoms with Crippen LogP contribution in [0.5, 0.6) is 0 Å². The topological polar surface area (TPSA) is 49.9 Å². The predicted octanol–water partition coefficient (Wildman–Crippen LogP) is 4.97. The van der Waals surface area contributed by atoms with E-state index in [0.717, 1.165) is 0 Å². The molecule has 2 aromatic rings. The summed E-state index contributed by atoms with van der Waals surface area (Å²) in [4.78, 5) is 1.22. The van der Waals surface area contributed by atoms with Gasteiger partial charge in [-0.1, -0.05) is 56.3 Å². The summed E-state index contributed by atoms with van der Waals surface area (Å²) in [5, 5.41) is 7.78. The Bertz CT molecular complexity index is 576. The van der Waals surface area contributed by atoms with Crippen LogP contribution in [-0.4, -0.2) is 5.84 Å². The Morgan fingerprint density at radius 1 is 1.00 bits per heavy atom. The van der Waals surface area contributed by atoms with Crippen LogP contribution in [0.1, 0.15) is 42.6 Å². The minimum atomic E-state index is 0.189. The summed E-state index contributed by atoms with van der Waals surface area (Å²) < 4.78 is 0. The fraction of sp³-hybridized carbons (Fsp3) is 0.278. The fourth-order valence-electron chi connectivity index (χ4n) is 2.19. The predicted molar refractivity (Wildman–Crippen MR) is 92.1 cm³/mol. The van der Waals surface area contributed by atoms with Crippen molar-refractivity contribution in [2.75, 3.05) is 0 Å². The van der Waals surface area contributed by atoms with Crippen LogP contribution < -0.4 is 5.73 Å². The number of nitrogens with one attached hydrogen (secondary N) is 1. The summed E-state index contributed by atoms with van der Waals surface area (Å²) in [5.74, 6) is 0.779. The molecule has 110 valence electrons. The molecule has 21 heavy (non-hydrogen) atoms. The van der Waals surface area contributed by atoms with Crippen molar-refractivity contribution in [1.29, 1.82) is 5.41 Å². The Labute approximate surface area is 131 Å². The van der Waals surface area contributed by atoms with E-state index in [1.807, 2.05) is 18.2 Å². The van der Waals surface area contributed by atoms with Gasteiger partial charge in [0.25, 0.3) is 0 Å². The molecule has 3 heteroatoms. The number of nitrogens with two attached hydrogens (primary N) is 1. The Morgan fingerprint density at radius 3 is 2.14 bits per heavy atom. The number of thioether (sulfide) groups is 1. The first-order chi connectivity index (χ1) is 10.1. The van der Waals surface area contributed by atoms with Gasteiger partial charge in [-0.25, -0.2) is 0 Å². The SMILES string of the molecule is CC(C)c1ccc(SC(CC(=N)N)c2ccccc2)cc1. The minimum absolute atomic E-state index is 0.189. The molecule has 1 unspecified atom stereocenters. The average molecular weight is 298 g/mol. The zero-order valence-corrected chi connectivity index (χ0v) is 13.4. The maximum atomic E-state index is 7.59. The number of hydrogen-bond acceptors (Lipinski definition) is 2. The standard InChI is InChI=1S/C18H22N2S/c1-13(2)14-8-10-16(11-9-14)21-17(12-18(19)20)15-6-4-3-5-7-15/h3-11,13,17H,12H2,1-2H3,(H3,19,20). The first-order valence-electron chi connectivity index (χ1n) is 7.20. The Morgan fingerprint density at radius 2 is 1.62 bits per heavy atom. The van der Waals surface area contributed by atoms with Crippen molar-refractivity contribution in [3.05, 3.63) is 65.7 Å². The van der Waals surface area contributed by atoms with E-state index in [0.29, 0.717) is 12.3 Å². The third-order valence-electron chi connectivity index (χ3n) is 3.40. The number of amidine groups is 1. The van der Waals surface area contributed by atoms with Gasteiger partial charge in [0.1, 0.15) is 0 Å². The van der Waals surface area contributed by atoms with Crippen LogP contribution in [0.25, 0.3) is 0 Å². The van der Waals surface area contributed by atoms with E-state index >= 15 is 0 Å². The van der Waals surface area contributed by atoms with E-state index in [-0.39, 0.29) is 11.1 Å². The van der Waals surface area contributed by atoms with Crippen LogP contribution in [0, 0.1) is 5.41 Å². The van der Waals surface area contributed by atoms with Gasteiger partial charge in [0.05, 0.1) is 5.84 Å². The number of hydrogen-bond donors (Lipinski definition) is 2. The van der Waals surface area contributed by atoms with Gasteiger partial charge in [-0.15, -0.1) is 11.8 Å². The van der Waals surface area contributed by atoms with Crippen molar-refractivity contribution >= 4 is 17.6 Å². The van der Waals surface area contributed by atoms with Crippen LogP contribution in [0.15, 0.2) is 59.5 Å². The Kier molecular flexibility index (Phi) is 5.45. The highest BCUT2D eigenvalue weighted by molar-refractivity contribution is 7.99. The summed E-state index contributed by atoms with van der Waals surface area (Å²) >= 11 is 1.77. The van der Waals surface area contributed by atoms with Gasteiger partial charge in [-0.3, -0.25) is 5.41 Å². The molecule has 0 aliphatic carbocycles. The molecule has 0 bridgehead atoms. The summed E-state index contributed by atoms with van der Waals surface area (Å²) in [6, 6.07) is 19.0. The van der Waals surface area contributed by atoms with Gasteiger partial charge < -0.3 is 5.73 Å². The quantitative estimate of drug-likeness (QED) is 0.449. The van der Waals surface area contributed by atoms with Crippen LogP contribution in [-0.2, 0) is 0 Å².